The Balaban J connectivity index is 1.97. The third kappa shape index (κ3) is 6.18. The van der Waals surface area contributed by atoms with Gasteiger partial charge in [0.15, 0.2) is 6.61 Å². The Morgan fingerprint density at radius 1 is 0.963 bits per heavy atom. The Hall–Kier alpha value is -1.66. The minimum Gasteiger partial charge on any atom is -0.482 e. The highest BCUT2D eigenvalue weighted by molar-refractivity contribution is 6.43. The molecule has 0 atom stereocenters. The van der Waals surface area contributed by atoms with Crippen LogP contribution in [0.5, 0.6) is 5.75 Å². The number of hydrogen-bond acceptors (Lipinski definition) is 3. The van der Waals surface area contributed by atoms with E-state index in [0.29, 0.717) is 17.8 Å². The standard InChI is InChI=1S/C18H16Cl4N2O3/c1-2-5-23-18(26)11-4-3-10(6-12(11)19)24-17(25)9-27-16-8-14(21)13(20)7-15(16)22/h3-4,6-8H,2,5,9H2,1H3,(H,23,26)(H,24,25). The summed E-state index contributed by atoms with van der Waals surface area (Å²) >= 11 is 23.9. The summed E-state index contributed by atoms with van der Waals surface area (Å²) in [5, 5.41) is 6.39. The molecule has 0 aromatic heterocycles. The number of carbonyl (C=O) groups is 2. The number of halogens is 4. The van der Waals surface area contributed by atoms with Crippen LogP contribution in [0.25, 0.3) is 0 Å². The van der Waals surface area contributed by atoms with Crippen molar-refractivity contribution in [2.24, 2.45) is 0 Å². The molecule has 5 nitrogen and oxygen atoms in total. The fraction of sp³-hybridized carbons (Fsp3) is 0.222. The number of rotatable bonds is 7. The number of amides is 2. The second-order valence-corrected chi connectivity index (χ2v) is 7.11. The molecule has 0 saturated heterocycles. The number of carbonyl (C=O) groups excluding carboxylic acids is 2. The number of benzene rings is 2. The molecular weight excluding hydrogens is 434 g/mol. The minimum absolute atomic E-state index is 0.231. The lowest BCUT2D eigenvalue weighted by Crippen LogP contribution is -2.24. The number of anilines is 1. The molecule has 2 amide bonds. The molecule has 0 fully saturated rings. The first kappa shape index (κ1) is 21.6. The van der Waals surface area contributed by atoms with E-state index in [-0.39, 0.29) is 38.4 Å². The molecule has 0 spiro atoms. The van der Waals surface area contributed by atoms with Crippen LogP contribution in [0.4, 0.5) is 5.69 Å². The van der Waals surface area contributed by atoms with Gasteiger partial charge in [-0.25, -0.2) is 0 Å². The molecule has 9 heteroatoms. The highest BCUT2D eigenvalue weighted by atomic mass is 35.5. The summed E-state index contributed by atoms with van der Waals surface area (Å²) in [4.78, 5) is 24.0. The second kappa shape index (κ2) is 10.0. The van der Waals surface area contributed by atoms with Gasteiger partial charge in [-0.1, -0.05) is 53.3 Å². The zero-order chi connectivity index (χ0) is 20.0. The molecule has 0 heterocycles. The van der Waals surface area contributed by atoms with Crippen LogP contribution < -0.4 is 15.4 Å². The van der Waals surface area contributed by atoms with Gasteiger partial charge in [-0.05, 0) is 30.7 Å². The lowest BCUT2D eigenvalue weighted by molar-refractivity contribution is -0.118. The molecule has 0 unspecified atom stereocenters. The molecule has 27 heavy (non-hydrogen) atoms. The van der Waals surface area contributed by atoms with Crippen molar-refractivity contribution in [3.05, 3.63) is 56.0 Å². The summed E-state index contributed by atoms with van der Waals surface area (Å²) < 4.78 is 5.36. The van der Waals surface area contributed by atoms with E-state index in [9.17, 15) is 9.59 Å². The average molecular weight is 450 g/mol. The van der Waals surface area contributed by atoms with Gasteiger partial charge in [0.25, 0.3) is 11.8 Å². The van der Waals surface area contributed by atoms with Crippen molar-refractivity contribution in [2.75, 3.05) is 18.5 Å². The van der Waals surface area contributed by atoms with Crippen molar-refractivity contribution >= 4 is 63.9 Å². The van der Waals surface area contributed by atoms with Gasteiger partial charge < -0.3 is 15.4 Å². The van der Waals surface area contributed by atoms with E-state index in [1.54, 1.807) is 12.1 Å². The maximum Gasteiger partial charge on any atom is 0.262 e. The Morgan fingerprint density at radius 3 is 2.33 bits per heavy atom. The monoisotopic (exact) mass is 448 g/mol. The largest absolute Gasteiger partial charge is 0.482 e. The molecular formula is C18H16Cl4N2O3. The van der Waals surface area contributed by atoms with Crippen LogP contribution >= 0.6 is 46.4 Å². The Labute approximate surface area is 176 Å². The van der Waals surface area contributed by atoms with Crippen molar-refractivity contribution in [2.45, 2.75) is 13.3 Å². The van der Waals surface area contributed by atoms with Gasteiger partial charge in [0, 0.05) is 18.3 Å². The van der Waals surface area contributed by atoms with Crippen molar-refractivity contribution in [1.82, 2.24) is 5.32 Å². The first-order valence-electron chi connectivity index (χ1n) is 7.96. The van der Waals surface area contributed by atoms with E-state index in [1.165, 1.54) is 18.2 Å². The van der Waals surface area contributed by atoms with E-state index in [1.807, 2.05) is 6.92 Å². The van der Waals surface area contributed by atoms with Crippen LogP contribution in [0, 0.1) is 0 Å². The molecule has 0 aliphatic heterocycles. The molecule has 2 N–H and O–H groups in total. The van der Waals surface area contributed by atoms with E-state index >= 15 is 0 Å². The van der Waals surface area contributed by atoms with E-state index in [2.05, 4.69) is 10.6 Å². The van der Waals surface area contributed by atoms with Crippen LogP contribution in [-0.4, -0.2) is 25.0 Å². The van der Waals surface area contributed by atoms with E-state index in [4.69, 9.17) is 51.1 Å². The Morgan fingerprint density at radius 2 is 1.67 bits per heavy atom. The van der Waals surface area contributed by atoms with Gasteiger partial charge in [0.2, 0.25) is 0 Å². The lowest BCUT2D eigenvalue weighted by atomic mass is 10.2. The van der Waals surface area contributed by atoms with E-state index < -0.39 is 5.91 Å². The minimum atomic E-state index is -0.434. The fourth-order valence-electron chi connectivity index (χ4n) is 2.07. The van der Waals surface area contributed by atoms with Crippen molar-refractivity contribution in [1.29, 1.82) is 0 Å². The quantitative estimate of drug-likeness (QED) is 0.551. The zero-order valence-corrected chi connectivity index (χ0v) is 17.3. The average Bonchev–Trinajstić information content (AvgIpc) is 2.61. The summed E-state index contributed by atoms with van der Waals surface area (Å²) in [7, 11) is 0. The molecule has 2 aromatic rings. The van der Waals surface area contributed by atoms with Crippen LogP contribution in [-0.2, 0) is 4.79 Å². The molecule has 2 aromatic carbocycles. The number of hydrogen-bond donors (Lipinski definition) is 2. The maximum atomic E-state index is 12.1. The topological polar surface area (TPSA) is 67.4 Å². The number of nitrogens with one attached hydrogen (secondary N) is 2. The van der Waals surface area contributed by atoms with Gasteiger partial charge in [-0.2, -0.15) is 0 Å². The molecule has 0 saturated carbocycles. The zero-order valence-electron chi connectivity index (χ0n) is 14.2. The van der Waals surface area contributed by atoms with Crippen molar-refractivity contribution in [3.63, 3.8) is 0 Å². The summed E-state index contributed by atoms with van der Waals surface area (Å²) in [6, 6.07) is 7.48. The lowest BCUT2D eigenvalue weighted by Gasteiger charge is -2.11. The maximum absolute atomic E-state index is 12.1. The van der Waals surface area contributed by atoms with Crippen molar-refractivity contribution < 1.29 is 14.3 Å². The molecule has 2 rings (SSSR count). The van der Waals surface area contributed by atoms with Gasteiger partial charge in [0.05, 0.1) is 25.7 Å². The molecule has 0 aliphatic carbocycles. The highest BCUT2D eigenvalue weighted by Crippen LogP contribution is 2.33. The predicted molar refractivity (Wildman–Crippen MR) is 110 cm³/mol. The van der Waals surface area contributed by atoms with Gasteiger partial charge >= 0.3 is 0 Å². The first-order valence-corrected chi connectivity index (χ1v) is 9.48. The summed E-state index contributed by atoms with van der Waals surface area (Å²) in [5.41, 5.74) is 0.767. The Kier molecular flexibility index (Phi) is 8.05. The number of ether oxygens (including phenoxy) is 1. The van der Waals surface area contributed by atoms with Crippen LogP contribution in [0.1, 0.15) is 23.7 Å². The molecule has 0 radical (unpaired) electrons. The van der Waals surface area contributed by atoms with Crippen molar-refractivity contribution in [3.8, 4) is 5.75 Å². The van der Waals surface area contributed by atoms with Crippen LogP contribution in [0.3, 0.4) is 0 Å². The predicted octanol–water partition coefficient (Wildman–Crippen LogP) is 5.46. The smallest absolute Gasteiger partial charge is 0.262 e. The van der Waals surface area contributed by atoms with E-state index in [0.717, 1.165) is 6.42 Å². The SMILES string of the molecule is CCCNC(=O)c1ccc(NC(=O)COc2cc(Cl)c(Cl)cc2Cl)cc1Cl. The summed E-state index contributed by atoms with van der Waals surface area (Å²) in [6.07, 6.45) is 0.820. The van der Waals surface area contributed by atoms with Gasteiger partial charge in [0.1, 0.15) is 5.75 Å². The third-order valence-corrected chi connectivity index (χ3v) is 4.70. The Bertz CT molecular complexity index is 859. The van der Waals surface area contributed by atoms with Gasteiger partial charge in [-0.3, -0.25) is 9.59 Å². The summed E-state index contributed by atoms with van der Waals surface area (Å²) in [5.74, 6) is -0.462. The molecule has 0 aliphatic rings. The molecule has 0 bridgehead atoms. The fourth-order valence-corrected chi connectivity index (χ4v) is 2.92. The summed E-state index contributed by atoms with van der Waals surface area (Å²) in [6.45, 7) is 2.21. The normalized spacial score (nSPS) is 10.4. The van der Waals surface area contributed by atoms with Crippen LogP contribution in [0.2, 0.25) is 20.1 Å². The second-order valence-electron chi connectivity index (χ2n) is 5.48. The first-order chi connectivity index (χ1) is 12.8. The molecule has 144 valence electrons. The third-order valence-electron chi connectivity index (χ3n) is 3.37. The van der Waals surface area contributed by atoms with Gasteiger partial charge in [-0.15, -0.1) is 0 Å². The van der Waals surface area contributed by atoms with Crippen LogP contribution in [0.15, 0.2) is 30.3 Å². The highest BCUT2D eigenvalue weighted by Gasteiger charge is 2.13.